The zero-order chi connectivity index (χ0) is 9.42. The van der Waals surface area contributed by atoms with Crippen LogP contribution in [0.5, 0.6) is 0 Å². The van der Waals surface area contributed by atoms with Crippen LogP contribution in [0.3, 0.4) is 0 Å². The number of aryl methyl sites for hydroxylation is 1. The van der Waals surface area contributed by atoms with E-state index >= 15 is 0 Å². The monoisotopic (exact) mass is 175 g/mol. The van der Waals surface area contributed by atoms with E-state index < -0.39 is 0 Å². The van der Waals surface area contributed by atoms with Gasteiger partial charge in [0, 0.05) is 25.0 Å². The molecule has 68 valence electrons. The van der Waals surface area contributed by atoms with E-state index in [4.69, 9.17) is 0 Å². The van der Waals surface area contributed by atoms with Gasteiger partial charge < -0.3 is 0 Å². The number of aromatic nitrogens is 3. The second kappa shape index (κ2) is 2.83. The molecule has 0 amide bonds. The van der Waals surface area contributed by atoms with Crippen LogP contribution in [-0.4, -0.2) is 14.8 Å². The van der Waals surface area contributed by atoms with Crippen molar-refractivity contribution < 1.29 is 0 Å². The zero-order valence-electron chi connectivity index (χ0n) is 8.15. The number of hydrogen-bond donors (Lipinski definition) is 0. The van der Waals surface area contributed by atoms with Gasteiger partial charge in [0.05, 0.1) is 11.9 Å². The highest BCUT2D eigenvalue weighted by atomic mass is 15.2. The average Bonchev–Trinajstić information content (AvgIpc) is 2.46. The van der Waals surface area contributed by atoms with Crippen molar-refractivity contribution in [3.05, 3.63) is 24.2 Å². The fourth-order valence-electron chi connectivity index (χ4n) is 1.49. The summed E-state index contributed by atoms with van der Waals surface area (Å²) < 4.78 is 1.78. The highest BCUT2D eigenvalue weighted by Crippen LogP contribution is 2.28. The Morgan fingerprint density at radius 3 is 2.77 bits per heavy atom. The Labute approximate surface area is 77.8 Å². The minimum atomic E-state index is 0.513. The van der Waals surface area contributed by atoms with Gasteiger partial charge in [-0.25, -0.2) is 0 Å². The molecule has 0 N–H and O–H groups in total. The third kappa shape index (κ3) is 1.30. The maximum atomic E-state index is 4.34. The third-order valence-electron chi connectivity index (χ3n) is 2.23. The quantitative estimate of drug-likeness (QED) is 0.664. The standard InChI is InChI=1S/C10H13N3/c1-7(2)8-4-11-10-6-13(3)12-5-9(8)10/h4-7H,1-3H3. The summed E-state index contributed by atoms with van der Waals surface area (Å²) in [5.41, 5.74) is 3.48. The van der Waals surface area contributed by atoms with Gasteiger partial charge in [0.15, 0.2) is 0 Å². The minimum absolute atomic E-state index is 0.513. The molecule has 2 aliphatic heterocycles. The maximum Gasteiger partial charge on any atom is 0.0900 e. The van der Waals surface area contributed by atoms with E-state index in [-0.39, 0.29) is 0 Å². The molecule has 0 aromatic carbocycles. The third-order valence-corrected chi connectivity index (χ3v) is 2.23. The van der Waals surface area contributed by atoms with E-state index in [2.05, 4.69) is 23.9 Å². The molecule has 0 atom stereocenters. The number of nitrogens with zero attached hydrogens (tertiary/aromatic N) is 3. The minimum Gasteiger partial charge on any atom is -0.274 e. The van der Waals surface area contributed by atoms with Crippen LogP contribution >= 0.6 is 0 Å². The Morgan fingerprint density at radius 2 is 2.08 bits per heavy atom. The van der Waals surface area contributed by atoms with Gasteiger partial charge in [-0.1, -0.05) is 13.8 Å². The molecular weight excluding hydrogens is 162 g/mol. The first-order valence-corrected chi connectivity index (χ1v) is 4.45. The van der Waals surface area contributed by atoms with Crippen molar-refractivity contribution in [2.75, 3.05) is 0 Å². The summed E-state index contributed by atoms with van der Waals surface area (Å²) in [4.78, 5) is 4.34. The van der Waals surface area contributed by atoms with E-state index in [9.17, 15) is 0 Å². The summed E-state index contributed by atoms with van der Waals surface area (Å²) in [5.74, 6) is 0.513. The second-order valence-electron chi connectivity index (χ2n) is 3.61. The van der Waals surface area contributed by atoms with Gasteiger partial charge in [0.25, 0.3) is 0 Å². The second-order valence-corrected chi connectivity index (χ2v) is 3.61. The van der Waals surface area contributed by atoms with Crippen molar-refractivity contribution in [2.24, 2.45) is 7.05 Å². The first-order chi connectivity index (χ1) is 6.18. The molecule has 0 aromatic rings. The highest BCUT2D eigenvalue weighted by molar-refractivity contribution is 5.64. The Kier molecular flexibility index (Phi) is 1.79. The Hall–Kier alpha value is -1.38. The summed E-state index contributed by atoms with van der Waals surface area (Å²) in [6, 6.07) is 0. The van der Waals surface area contributed by atoms with E-state index in [1.165, 1.54) is 11.1 Å². The summed E-state index contributed by atoms with van der Waals surface area (Å²) in [5, 5.41) is 4.20. The van der Waals surface area contributed by atoms with Crippen LogP contribution in [0, 0.1) is 0 Å². The molecule has 13 heavy (non-hydrogen) atoms. The van der Waals surface area contributed by atoms with Crippen LogP contribution in [0.15, 0.2) is 18.6 Å². The molecule has 2 aliphatic rings. The van der Waals surface area contributed by atoms with Crippen molar-refractivity contribution in [3.63, 3.8) is 0 Å². The van der Waals surface area contributed by atoms with E-state index in [0.717, 1.165) is 5.69 Å². The van der Waals surface area contributed by atoms with Crippen molar-refractivity contribution in [1.29, 1.82) is 0 Å². The van der Waals surface area contributed by atoms with Crippen molar-refractivity contribution >= 4 is 0 Å². The maximum absolute atomic E-state index is 4.34. The molecule has 0 fully saturated rings. The Bertz CT molecular complexity index is 389. The van der Waals surface area contributed by atoms with Crippen molar-refractivity contribution in [2.45, 2.75) is 19.8 Å². The van der Waals surface area contributed by atoms with Crippen LogP contribution in [-0.2, 0) is 7.05 Å². The van der Waals surface area contributed by atoms with Gasteiger partial charge in [0.2, 0.25) is 0 Å². The number of rotatable bonds is 1. The molecule has 2 rings (SSSR count). The molecule has 0 aliphatic carbocycles. The largest absolute Gasteiger partial charge is 0.274 e. The molecule has 0 bridgehead atoms. The lowest BCUT2D eigenvalue weighted by atomic mass is 10.0. The van der Waals surface area contributed by atoms with Crippen LogP contribution in [0.1, 0.15) is 25.3 Å². The summed E-state index contributed by atoms with van der Waals surface area (Å²) in [6.07, 6.45) is 5.77. The molecule has 3 heteroatoms. The molecule has 0 unspecified atom stereocenters. The van der Waals surface area contributed by atoms with Crippen LogP contribution in [0.4, 0.5) is 0 Å². The fraction of sp³-hybridized carbons (Fsp3) is 0.400. The SMILES string of the molecule is CC(C)c1cnc2cn(C)ncc1-2. The molecule has 3 nitrogen and oxygen atoms in total. The summed E-state index contributed by atoms with van der Waals surface area (Å²) in [7, 11) is 1.91. The van der Waals surface area contributed by atoms with E-state index in [1.54, 1.807) is 4.68 Å². The number of fused-ring (bicyclic) bond motifs is 1. The average molecular weight is 175 g/mol. The first-order valence-electron chi connectivity index (χ1n) is 4.45. The first kappa shape index (κ1) is 8.23. The lowest BCUT2D eigenvalue weighted by Crippen LogP contribution is -1.98. The molecule has 0 saturated heterocycles. The molecule has 2 heterocycles. The lowest BCUT2D eigenvalue weighted by molar-refractivity contribution is 0.736. The number of hydrogen-bond acceptors (Lipinski definition) is 2. The van der Waals surface area contributed by atoms with Crippen LogP contribution < -0.4 is 0 Å². The van der Waals surface area contributed by atoms with Gasteiger partial charge in [-0.05, 0) is 11.5 Å². The molecule has 0 radical (unpaired) electrons. The van der Waals surface area contributed by atoms with Crippen LogP contribution in [0.25, 0.3) is 11.3 Å². The van der Waals surface area contributed by atoms with Gasteiger partial charge in [-0.3, -0.25) is 9.67 Å². The van der Waals surface area contributed by atoms with Crippen molar-refractivity contribution in [3.8, 4) is 11.3 Å². The van der Waals surface area contributed by atoms with Gasteiger partial charge >= 0.3 is 0 Å². The molecular formula is C10H13N3. The summed E-state index contributed by atoms with van der Waals surface area (Å²) in [6.45, 7) is 4.34. The lowest BCUT2D eigenvalue weighted by Gasteiger charge is -2.05. The molecule has 0 aromatic heterocycles. The highest BCUT2D eigenvalue weighted by Gasteiger charge is 2.13. The van der Waals surface area contributed by atoms with Gasteiger partial charge in [-0.15, -0.1) is 0 Å². The Morgan fingerprint density at radius 1 is 1.31 bits per heavy atom. The van der Waals surface area contributed by atoms with E-state index in [0.29, 0.717) is 5.92 Å². The summed E-state index contributed by atoms with van der Waals surface area (Å²) >= 11 is 0. The van der Waals surface area contributed by atoms with Crippen LogP contribution in [0.2, 0.25) is 0 Å². The smallest absolute Gasteiger partial charge is 0.0900 e. The zero-order valence-corrected chi connectivity index (χ0v) is 8.15. The van der Waals surface area contributed by atoms with Gasteiger partial charge in [-0.2, -0.15) is 5.10 Å². The molecule has 0 spiro atoms. The Balaban J connectivity index is 2.60. The topological polar surface area (TPSA) is 30.7 Å². The van der Waals surface area contributed by atoms with Crippen molar-refractivity contribution in [1.82, 2.24) is 14.8 Å². The van der Waals surface area contributed by atoms with E-state index in [1.807, 2.05) is 25.6 Å². The van der Waals surface area contributed by atoms with Gasteiger partial charge in [0.1, 0.15) is 0 Å². The fourth-order valence-corrected chi connectivity index (χ4v) is 1.49. The molecule has 0 saturated carbocycles. The predicted octanol–water partition coefficient (Wildman–Crippen LogP) is 2.04. The predicted molar refractivity (Wildman–Crippen MR) is 51.7 cm³/mol. The normalized spacial score (nSPS) is 11.4.